The average molecular weight is 419 g/mol. The first-order valence-electron chi connectivity index (χ1n) is 10.1. The van der Waals surface area contributed by atoms with Crippen LogP contribution in [0.5, 0.6) is 0 Å². The number of hydrogen-bond donors (Lipinski definition) is 0. The molecule has 0 N–H and O–H groups in total. The summed E-state index contributed by atoms with van der Waals surface area (Å²) in [6.07, 6.45) is 1.07. The van der Waals surface area contributed by atoms with Gasteiger partial charge in [0.1, 0.15) is 6.54 Å². The summed E-state index contributed by atoms with van der Waals surface area (Å²) in [5.74, 6) is -0.0735. The van der Waals surface area contributed by atoms with Gasteiger partial charge in [-0.2, -0.15) is 0 Å². The molecule has 30 heavy (non-hydrogen) atoms. The van der Waals surface area contributed by atoms with Gasteiger partial charge in [0.15, 0.2) is 0 Å². The second-order valence-corrected chi connectivity index (χ2v) is 9.17. The highest BCUT2D eigenvalue weighted by Gasteiger charge is 2.45. The van der Waals surface area contributed by atoms with Crippen molar-refractivity contribution in [1.82, 2.24) is 9.80 Å². The molecule has 3 aromatic rings. The highest BCUT2D eigenvalue weighted by atomic mass is 32.1. The lowest BCUT2D eigenvalue weighted by Gasteiger charge is -2.30. The van der Waals surface area contributed by atoms with E-state index in [4.69, 9.17) is 0 Å². The molecule has 6 heteroatoms. The smallest absolute Gasteiger partial charge is 0.262 e. The SMILES string of the molecule is C[C@@H]1C[C@@H]1[C@H](c1csc2ccccc12)N(C)C(=O)CN1C(=O)c2ccccc2C1=O. The van der Waals surface area contributed by atoms with Crippen molar-refractivity contribution < 1.29 is 14.4 Å². The van der Waals surface area contributed by atoms with E-state index in [2.05, 4.69) is 24.4 Å². The molecular weight excluding hydrogens is 396 g/mol. The van der Waals surface area contributed by atoms with Crippen molar-refractivity contribution in [3.05, 3.63) is 70.6 Å². The van der Waals surface area contributed by atoms with Crippen molar-refractivity contribution in [2.45, 2.75) is 19.4 Å². The monoisotopic (exact) mass is 418 g/mol. The zero-order valence-corrected chi connectivity index (χ0v) is 17.7. The molecular formula is C24H22N2O3S. The third kappa shape index (κ3) is 2.94. The first-order valence-corrected chi connectivity index (χ1v) is 11.0. The number of carbonyl (C=O) groups is 3. The summed E-state index contributed by atoms with van der Waals surface area (Å²) < 4.78 is 1.20. The number of likely N-dealkylation sites (N-methyl/N-ethyl adjacent to an activating group) is 1. The van der Waals surface area contributed by atoms with E-state index >= 15 is 0 Å². The summed E-state index contributed by atoms with van der Waals surface area (Å²) in [4.78, 5) is 41.4. The van der Waals surface area contributed by atoms with Gasteiger partial charge in [0.05, 0.1) is 17.2 Å². The third-order valence-electron chi connectivity index (χ3n) is 6.39. The van der Waals surface area contributed by atoms with E-state index < -0.39 is 11.8 Å². The molecule has 2 aromatic carbocycles. The number of carbonyl (C=O) groups excluding carboxylic acids is 3. The van der Waals surface area contributed by atoms with Crippen LogP contribution in [0.25, 0.3) is 10.1 Å². The van der Waals surface area contributed by atoms with Gasteiger partial charge in [-0.1, -0.05) is 37.3 Å². The van der Waals surface area contributed by atoms with Crippen LogP contribution in [-0.4, -0.2) is 41.1 Å². The molecule has 152 valence electrons. The van der Waals surface area contributed by atoms with Gasteiger partial charge >= 0.3 is 0 Å². The zero-order chi connectivity index (χ0) is 21.0. The van der Waals surface area contributed by atoms with Crippen molar-refractivity contribution in [2.75, 3.05) is 13.6 Å². The number of hydrogen-bond acceptors (Lipinski definition) is 4. The van der Waals surface area contributed by atoms with Crippen LogP contribution in [0.3, 0.4) is 0 Å². The molecule has 1 fully saturated rings. The highest BCUT2D eigenvalue weighted by Crippen LogP contribution is 2.51. The van der Waals surface area contributed by atoms with E-state index in [1.807, 2.05) is 12.1 Å². The van der Waals surface area contributed by atoms with Crippen molar-refractivity contribution in [1.29, 1.82) is 0 Å². The molecule has 3 amide bonds. The predicted octanol–water partition coefficient (Wildman–Crippen LogP) is 4.35. The molecule has 0 bridgehead atoms. The van der Waals surface area contributed by atoms with Gasteiger partial charge in [-0.05, 0) is 52.8 Å². The highest BCUT2D eigenvalue weighted by molar-refractivity contribution is 7.17. The maximum Gasteiger partial charge on any atom is 0.262 e. The quantitative estimate of drug-likeness (QED) is 0.579. The average Bonchev–Trinajstić information content (AvgIpc) is 3.24. The molecule has 2 heterocycles. The third-order valence-corrected chi connectivity index (χ3v) is 7.37. The van der Waals surface area contributed by atoms with E-state index in [0.29, 0.717) is 23.0 Å². The van der Waals surface area contributed by atoms with Crippen molar-refractivity contribution in [2.24, 2.45) is 11.8 Å². The minimum Gasteiger partial charge on any atom is -0.337 e. The Balaban J connectivity index is 1.42. The van der Waals surface area contributed by atoms with Gasteiger partial charge in [-0.25, -0.2) is 0 Å². The van der Waals surface area contributed by atoms with Crippen LogP contribution in [0.1, 0.15) is 45.7 Å². The van der Waals surface area contributed by atoms with Crippen molar-refractivity contribution in [3.8, 4) is 0 Å². The molecule has 0 saturated heterocycles. The van der Waals surface area contributed by atoms with Gasteiger partial charge in [-0.3, -0.25) is 19.3 Å². The second kappa shape index (κ2) is 7.06. The molecule has 0 unspecified atom stereocenters. The first kappa shape index (κ1) is 19.0. The fraction of sp³-hybridized carbons (Fsp3) is 0.292. The lowest BCUT2D eigenvalue weighted by Crippen LogP contribution is -2.43. The van der Waals surface area contributed by atoms with Gasteiger partial charge < -0.3 is 4.90 Å². The van der Waals surface area contributed by atoms with Crippen LogP contribution in [0.15, 0.2) is 53.9 Å². The van der Waals surface area contributed by atoms with Crippen LogP contribution in [0.2, 0.25) is 0 Å². The number of benzene rings is 2. The van der Waals surface area contributed by atoms with Crippen molar-refractivity contribution >= 4 is 39.1 Å². The molecule has 1 aromatic heterocycles. The standard InChI is InChI=1S/C24H22N2O3S/c1-14-11-18(14)22(19-13-30-20-10-6-5-7-15(19)20)25(2)21(27)12-26-23(28)16-8-3-4-9-17(16)24(26)29/h3-10,13-14,18,22H,11-12H2,1-2H3/t14-,18+,22-/m1/s1. The van der Waals surface area contributed by atoms with E-state index in [-0.39, 0.29) is 18.5 Å². The Labute approximate surface area is 178 Å². The van der Waals surface area contributed by atoms with Gasteiger partial charge in [0.2, 0.25) is 5.91 Å². The number of nitrogens with zero attached hydrogens (tertiary/aromatic N) is 2. The van der Waals surface area contributed by atoms with E-state index in [1.54, 1.807) is 47.5 Å². The summed E-state index contributed by atoms with van der Waals surface area (Å²) in [6, 6.07) is 14.9. The number of fused-ring (bicyclic) bond motifs is 2. The lowest BCUT2D eigenvalue weighted by atomic mass is 9.99. The number of amides is 3. The van der Waals surface area contributed by atoms with Gasteiger partial charge in [0.25, 0.3) is 11.8 Å². The topological polar surface area (TPSA) is 57.7 Å². The Morgan fingerprint density at radius 3 is 2.33 bits per heavy atom. The molecule has 2 aliphatic rings. The number of thiophene rings is 1. The summed E-state index contributed by atoms with van der Waals surface area (Å²) >= 11 is 1.69. The van der Waals surface area contributed by atoms with E-state index in [0.717, 1.165) is 16.9 Å². The number of imide groups is 1. The van der Waals surface area contributed by atoms with E-state index in [9.17, 15) is 14.4 Å². The summed E-state index contributed by atoms with van der Waals surface area (Å²) in [5.41, 5.74) is 1.89. The minimum atomic E-state index is -0.394. The Bertz CT molecular complexity index is 1150. The lowest BCUT2D eigenvalue weighted by molar-refractivity contribution is -0.132. The Morgan fingerprint density at radius 2 is 1.70 bits per heavy atom. The Morgan fingerprint density at radius 1 is 1.10 bits per heavy atom. The van der Waals surface area contributed by atoms with Crippen LogP contribution in [-0.2, 0) is 4.79 Å². The molecule has 3 atom stereocenters. The summed E-state index contributed by atoms with van der Waals surface area (Å²) in [5, 5.41) is 3.32. The Kier molecular flexibility index (Phi) is 4.47. The zero-order valence-electron chi connectivity index (χ0n) is 16.9. The largest absolute Gasteiger partial charge is 0.337 e. The maximum absolute atomic E-state index is 13.2. The normalized spacial score (nSPS) is 21.1. The molecule has 1 saturated carbocycles. The van der Waals surface area contributed by atoms with Crippen molar-refractivity contribution in [3.63, 3.8) is 0 Å². The molecule has 0 radical (unpaired) electrons. The van der Waals surface area contributed by atoms with Crippen LogP contribution in [0.4, 0.5) is 0 Å². The second-order valence-electron chi connectivity index (χ2n) is 8.26. The van der Waals surface area contributed by atoms with Crippen LogP contribution >= 0.6 is 11.3 Å². The number of rotatable bonds is 5. The first-order chi connectivity index (χ1) is 14.5. The summed E-state index contributed by atoms with van der Waals surface area (Å²) in [7, 11) is 1.79. The van der Waals surface area contributed by atoms with Crippen LogP contribution < -0.4 is 0 Å². The van der Waals surface area contributed by atoms with Crippen LogP contribution in [0, 0.1) is 11.8 Å². The minimum absolute atomic E-state index is 0.0566. The molecule has 0 spiro atoms. The maximum atomic E-state index is 13.2. The predicted molar refractivity (Wildman–Crippen MR) is 116 cm³/mol. The molecule has 1 aliphatic carbocycles. The molecule has 1 aliphatic heterocycles. The Hall–Kier alpha value is -2.99. The summed E-state index contributed by atoms with van der Waals surface area (Å²) in [6.45, 7) is 1.97. The molecule has 5 nitrogen and oxygen atoms in total. The molecule has 5 rings (SSSR count). The van der Waals surface area contributed by atoms with Gasteiger partial charge in [-0.15, -0.1) is 11.3 Å². The van der Waals surface area contributed by atoms with E-state index in [1.165, 1.54) is 10.1 Å². The fourth-order valence-corrected chi connectivity index (χ4v) is 5.52. The van der Waals surface area contributed by atoms with Gasteiger partial charge in [0, 0.05) is 11.7 Å². The fourth-order valence-electron chi connectivity index (χ4n) is 4.53.